The van der Waals surface area contributed by atoms with Crippen LogP contribution in [0.4, 0.5) is 13.2 Å². The Morgan fingerprint density at radius 3 is 2.53 bits per heavy atom. The minimum absolute atomic E-state index is 0.0749. The number of ether oxygens (including phenoxy) is 2. The number of pyridine rings is 1. The molecule has 0 atom stereocenters. The minimum Gasteiger partial charge on any atom is -0.465 e. The third-order valence-corrected chi connectivity index (χ3v) is 2.55. The van der Waals surface area contributed by atoms with E-state index in [1.54, 1.807) is 22.6 Å². The van der Waals surface area contributed by atoms with Gasteiger partial charge in [0.25, 0.3) is 0 Å². The summed E-state index contributed by atoms with van der Waals surface area (Å²) < 4.78 is 44.9. The van der Waals surface area contributed by atoms with Gasteiger partial charge >= 0.3 is 12.3 Å². The Morgan fingerprint density at radius 2 is 2.06 bits per heavy atom. The first-order valence-electron chi connectivity index (χ1n) is 4.25. The van der Waals surface area contributed by atoms with E-state index in [2.05, 4.69) is 14.5 Å². The average molecular weight is 361 g/mol. The lowest BCUT2D eigenvalue weighted by Gasteiger charge is -2.14. The summed E-state index contributed by atoms with van der Waals surface area (Å²) in [4.78, 5) is 15.2. The van der Waals surface area contributed by atoms with Crippen LogP contribution in [-0.4, -0.2) is 24.4 Å². The zero-order valence-electron chi connectivity index (χ0n) is 8.76. The van der Waals surface area contributed by atoms with Crippen molar-refractivity contribution in [2.24, 2.45) is 0 Å². The molecule has 1 aromatic rings. The standard InChI is InChI=1S/C9H7F3INO3/c1-4-6(8(15)16-2)7(5(13)3-14-4)17-9(10,11)12/h3H,1-2H3. The monoisotopic (exact) mass is 361 g/mol. The lowest BCUT2D eigenvalue weighted by molar-refractivity contribution is -0.275. The zero-order valence-corrected chi connectivity index (χ0v) is 10.9. The number of rotatable bonds is 2. The van der Waals surface area contributed by atoms with Crippen molar-refractivity contribution < 1.29 is 27.4 Å². The highest BCUT2D eigenvalue weighted by atomic mass is 127. The molecule has 1 aromatic heterocycles. The number of aryl methyl sites for hydroxylation is 1. The minimum atomic E-state index is -4.88. The van der Waals surface area contributed by atoms with E-state index >= 15 is 0 Å². The van der Waals surface area contributed by atoms with Crippen molar-refractivity contribution in [1.29, 1.82) is 0 Å². The molecule has 0 aromatic carbocycles. The van der Waals surface area contributed by atoms with Gasteiger partial charge in [0, 0.05) is 6.20 Å². The van der Waals surface area contributed by atoms with E-state index in [-0.39, 0.29) is 14.8 Å². The number of aromatic nitrogens is 1. The molecule has 0 N–H and O–H groups in total. The molecule has 0 unspecified atom stereocenters. The molecular weight excluding hydrogens is 354 g/mol. The van der Waals surface area contributed by atoms with Crippen LogP contribution in [0.1, 0.15) is 16.1 Å². The molecule has 94 valence electrons. The maximum atomic E-state index is 12.2. The maximum Gasteiger partial charge on any atom is 0.573 e. The van der Waals surface area contributed by atoms with Crippen LogP contribution in [0.15, 0.2) is 6.20 Å². The zero-order chi connectivity index (χ0) is 13.2. The van der Waals surface area contributed by atoms with Crippen molar-refractivity contribution in [3.63, 3.8) is 0 Å². The molecule has 17 heavy (non-hydrogen) atoms. The van der Waals surface area contributed by atoms with Gasteiger partial charge in [0.05, 0.1) is 16.4 Å². The molecule has 4 nitrogen and oxygen atoms in total. The number of methoxy groups -OCH3 is 1. The first-order valence-corrected chi connectivity index (χ1v) is 5.33. The van der Waals surface area contributed by atoms with Crippen molar-refractivity contribution in [1.82, 2.24) is 4.98 Å². The van der Waals surface area contributed by atoms with Gasteiger partial charge in [-0.25, -0.2) is 4.79 Å². The van der Waals surface area contributed by atoms with Gasteiger partial charge in [-0.2, -0.15) is 0 Å². The van der Waals surface area contributed by atoms with Crippen molar-refractivity contribution in [2.75, 3.05) is 7.11 Å². The normalized spacial score (nSPS) is 11.2. The molecule has 0 amide bonds. The van der Waals surface area contributed by atoms with Crippen LogP contribution < -0.4 is 4.74 Å². The van der Waals surface area contributed by atoms with Gasteiger partial charge in [-0.1, -0.05) is 0 Å². The SMILES string of the molecule is COC(=O)c1c(C)ncc(I)c1OC(F)(F)F. The summed E-state index contributed by atoms with van der Waals surface area (Å²) in [5, 5.41) is 0. The largest absolute Gasteiger partial charge is 0.573 e. The molecule has 0 fully saturated rings. The van der Waals surface area contributed by atoms with Gasteiger partial charge in [-0.15, -0.1) is 13.2 Å². The quantitative estimate of drug-likeness (QED) is 0.601. The van der Waals surface area contributed by atoms with Crippen molar-refractivity contribution in [3.8, 4) is 5.75 Å². The molecule has 0 aliphatic heterocycles. The van der Waals surface area contributed by atoms with Crippen LogP contribution >= 0.6 is 22.6 Å². The highest BCUT2D eigenvalue weighted by Gasteiger charge is 2.35. The van der Waals surface area contributed by atoms with E-state index in [1.165, 1.54) is 13.1 Å². The summed E-state index contributed by atoms with van der Waals surface area (Å²) in [6, 6.07) is 0. The maximum absolute atomic E-state index is 12.2. The van der Waals surface area contributed by atoms with Crippen LogP contribution in [0.2, 0.25) is 0 Å². The second-order valence-corrected chi connectivity index (χ2v) is 4.10. The van der Waals surface area contributed by atoms with E-state index in [0.29, 0.717) is 0 Å². The summed E-state index contributed by atoms with van der Waals surface area (Å²) in [7, 11) is 1.07. The lowest BCUT2D eigenvalue weighted by Crippen LogP contribution is -2.21. The summed E-state index contributed by atoms with van der Waals surface area (Å²) in [5.74, 6) is -1.51. The Morgan fingerprint density at radius 1 is 1.47 bits per heavy atom. The topological polar surface area (TPSA) is 48.4 Å². The first kappa shape index (κ1) is 14.0. The Kier molecular flexibility index (Phi) is 4.17. The molecule has 0 radical (unpaired) electrons. The Hall–Kier alpha value is -1.06. The molecule has 0 aliphatic carbocycles. The Labute approximate surface area is 108 Å². The number of nitrogens with zero attached hydrogens (tertiary/aromatic N) is 1. The van der Waals surface area contributed by atoms with E-state index in [9.17, 15) is 18.0 Å². The Bertz CT molecular complexity index is 448. The number of hydrogen-bond donors (Lipinski definition) is 0. The number of alkyl halides is 3. The third kappa shape index (κ3) is 3.45. The molecule has 0 aliphatic rings. The fourth-order valence-electron chi connectivity index (χ4n) is 1.12. The molecule has 0 spiro atoms. The van der Waals surface area contributed by atoms with E-state index in [1.807, 2.05) is 0 Å². The number of carbonyl (C=O) groups is 1. The molecule has 0 bridgehead atoms. The van der Waals surface area contributed by atoms with Gasteiger partial charge in [0.1, 0.15) is 5.56 Å². The number of hydrogen-bond acceptors (Lipinski definition) is 4. The van der Waals surface area contributed by atoms with Crippen LogP contribution in [-0.2, 0) is 4.74 Å². The van der Waals surface area contributed by atoms with Crippen molar-refractivity contribution >= 4 is 28.6 Å². The number of carbonyl (C=O) groups excluding carboxylic acids is 1. The predicted molar refractivity (Wildman–Crippen MR) is 59.7 cm³/mol. The number of halogens is 4. The molecule has 1 rings (SSSR count). The van der Waals surface area contributed by atoms with E-state index in [4.69, 9.17) is 0 Å². The van der Waals surface area contributed by atoms with Gasteiger partial charge in [0.15, 0.2) is 5.75 Å². The second-order valence-electron chi connectivity index (χ2n) is 2.94. The third-order valence-electron chi connectivity index (χ3n) is 1.78. The Balaban J connectivity index is 3.35. The van der Waals surface area contributed by atoms with E-state index < -0.39 is 18.1 Å². The first-order chi connectivity index (χ1) is 7.76. The molecular formula is C9H7F3INO3. The van der Waals surface area contributed by atoms with Gasteiger partial charge in [-0.3, -0.25) is 4.98 Å². The molecule has 0 saturated carbocycles. The smallest absolute Gasteiger partial charge is 0.465 e. The van der Waals surface area contributed by atoms with Crippen molar-refractivity contribution in [2.45, 2.75) is 13.3 Å². The average Bonchev–Trinajstić information content (AvgIpc) is 2.21. The second kappa shape index (κ2) is 5.07. The van der Waals surface area contributed by atoms with Crippen LogP contribution in [0, 0.1) is 10.5 Å². The lowest BCUT2D eigenvalue weighted by atomic mass is 10.2. The van der Waals surface area contributed by atoms with Gasteiger partial charge < -0.3 is 9.47 Å². The predicted octanol–water partition coefficient (Wildman–Crippen LogP) is 2.68. The molecule has 8 heteroatoms. The van der Waals surface area contributed by atoms with Crippen LogP contribution in [0.25, 0.3) is 0 Å². The molecule has 1 heterocycles. The fourth-order valence-corrected chi connectivity index (χ4v) is 1.64. The van der Waals surface area contributed by atoms with Gasteiger partial charge in [0.2, 0.25) is 0 Å². The summed E-state index contributed by atoms with van der Waals surface area (Å²) in [6.45, 7) is 1.39. The highest BCUT2D eigenvalue weighted by Crippen LogP contribution is 2.32. The van der Waals surface area contributed by atoms with Crippen LogP contribution in [0.5, 0.6) is 5.75 Å². The van der Waals surface area contributed by atoms with E-state index in [0.717, 1.165) is 7.11 Å². The molecule has 0 saturated heterocycles. The van der Waals surface area contributed by atoms with Gasteiger partial charge in [-0.05, 0) is 29.5 Å². The van der Waals surface area contributed by atoms with Crippen molar-refractivity contribution in [3.05, 3.63) is 21.0 Å². The summed E-state index contributed by atoms with van der Waals surface area (Å²) in [6.07, 6.45) is -3.69. The summed E-state index contributed by atoms with van der Waals surface area (Å²) >= 11 is 1.60. The highest BCUT2D eigenvalue weighted by molar-refractivity contribution is 14.1. The van der Waals surface area contributed by atoms with Crippen LogP contribution in [0.3, 0.4) is 0 Å². The summed E-state index contributed by atoms with van der Waals surface area (Å²) in [5.41, 5.74) is -0.215. The fraction of sp³-hybridized carbons (Fsp3) is 0.333. The number of esters is 1.